The normalized spacial score (nSPS) is 15.9. The van der Waals surface area contributed by atoms with Crippen LogP contribution in [0.2, 0.25) is 10.0 Å². The van der Waals surface area contributed by atoms with E-state index < -0.39 is 6.09 Å². The van der Waals surface area contributed by atoms with E-state index in [1.807, 2.05) is 18.2 Å². The molecular formula is C21H20Cl2N4O4. The van der Waals surface area contributed by atoms with Gasteiger partial charge in [-0.25, -0.2) is 14.8 Å². The van der Waals surface area contributed by atoms with Crippen LogP contribution < -0.4 is 14.8 Å². The van der Waals surface area contributed by atoms with Crippen LogP contribution in [0.15, 0.2) is 30.5 Å². The summed E-state index contributed by atoms with van der Waals surface area (Å²) in [6.07, 6.45) is 1.50. The van der Waals surface area contributed by atoms with Crippen molar-refractivity contribution in [2.45, 2.75) is 12.5 Å². The van der Waals surface area contributed by atoms with Crippen LogP contribution in [0, 0.1) is 0 Å². The monoisotopic (exact) mass is 462 g/mol. The van der Waals surface area contributed by atoms with E-state index in [1.165, 1.54) is 19.1 Å². The van der Waals surface area contributed by atoms with Crippen LogP contribution in [0.1, 0.15) is 6.42 Å². The number of benzene rings is 2. The van der Waals surface area contributed by atoms with Crippen LogP contribution >= 0.6 is 23.2 Å². The zero-order chi connectivity index (χ0) is 22.1. The Morgan fingerprint density at radius 2 is 1.90 bits per heavy atom. The number of likely N-dealkylation sites (tertiary alicyclic amines) is 1. The number of carboxylic acid groups (broad SMARTS) is 1. The predicted octanol–water partition coefficient (Wildman–Crippen LogP) is 4.79. The molecule has 1 aromatic heterocycles. The van der Waals surface area contributed by atoms with E-state index in [0.717, 1.165) is 16.5 Å². The van der Waals surface area contributed by atoms with Crippen molar-refractivity contribution in [2.24, 2.45) is 0 Å². The van der Waals surface area contributed by atoms with Gasteiger partial charge in [0.1, 0.15) is 11.5 Å². The summed E-state index contributed by atoms with van der Waals surface area (Å²) in [5.41, 5.74) is 2.11. The summed E-state index contributed by atoms with van der Waals surface area (Å²) in [5, 5.41) is 13.9. The van der Waals surface area contributed by atoms with Gasteiger partial charge in [-0.2, -0.15) is 0 Å². The summed E-state index contributed by atoms with van der Waals surface area (Å²) in [7, 11) is 3.06. The van der Waals surface area contributed by atoms with Gasteiger partial charge < -0.3 is 24.8 Å². The Hall–Kier alpha value is -2.97. The number of nitrogens with one attached hydrogen (secondary N) is 1. The highest BCUT2D eigenvalue weighted by Gasteiger charge is 2.26. The van der Waals surface area contributed by atoms with Crippen LogP contribution in [0.4, 0.5) is 10.7 Å². The summed E-state index contributed by atoms with van der Waals surface area (Å²) >= 11 is 13.1. The topological polar surface area (TPSA) is 96.8 Å². The molecule has 10 heteroatoms. The molecule has 0 saturated carbocycles. The van der Waals surface area contributed by atoms with Gasteiger partial charge in [0.2, 0.25) is 5.95 Å². The van der Waals surface area contributed by atoms with Gasteiger partial charge in [0.25, 0.3) is 0 Å². The Kier molecular flexibility index (Phi) is 5.93. The Morgan fingerprint density at radius 3 is 2.52 bits per heavy atom. The molecule has 4 rings (SSSR count). The Morgan fingerprint density at radius 1 is 1.19 bits per heavy atom. The maximum Gasteiger partial charge on any atom is 0.407 e. The molecule has 1 atom stereocenters. The van der Waals surface area contributed by atoms with Crippen molar-refractivity contribution in [3.05, 3.63) is 40.5 Å². The van der Waals surface area contributed by atoms with Crippen molar-refractivity contribution in [3.63, 3.8) is 0 Å². The van der Waals surface area contributed by atoms with Gasteiger partial charge in [-0.3, -0.25) is 0 Å². The third kappa shape index (κ3) is 4.13. The van der Waals surface area contributed by atoms with E-state index in [-0.39, 0.29) is 6.04 Å². The van der Waals surface area contributed by atoms with Crippen LogP contribution in [0.5, 0.6) is 11.5 Å². The molecule has 1 saturated heterocycles. The second kappa shape index (κ2) is 8.64. The van der Waals surface area contributed by atoms with Gasteiger partial charge in [-0.1, -0.05) is 29.3 Å². The summed E-state index contributed by atoms with van der Waals surface area (Å²) in [5.74, 6) is 1.37. The largest absolute Gasteiger partial charge is 0.495 e. The number of hydrogen-bond donors (Lipinski definition) is 2. The number of fused-ring (bicyclic) bond motifs is 1. The predicted molar refractivity (Wildman–Crippen MR) is 120 cm³/mol. The molecular weight excluding hydrogens is 443 g/mol. The van der Waals surface area contributed by atoms with Crippen molar-refractivity contribution >= 4 is 46.1 Å². The number of amides is 1. The zero-order valence-electron chi connectivity index (χ0n) is 16.9. The Labute approximate surface area is 188 Å². The smallest absolute Gasteiger partial charge is 0.407 e. The quantitative estimate of drug-likeness (QED) is 0.562. The first-order valence-electron chi connectivity index (χ1n) is 9.52. The average molecular weight is 463 g/mol. The molecule has 1 aliphatic heterocycles. The number of nitrogens with zero attached hydrogens (tertiary/aromatic N) is 3. The Balaban J connectivity index is 1.65. The summed E-state index contributed by atoms with van der Waals surface area (Å²) < 4.78 is 10.7. The van der Waals surface area contributed by atoms with Gasteiger partial charge in [0.05, 0.1) is 29.8 Å². The first kappa shape index (κ1) is 21.3. The van der Waals surface area contributed by atoms with E-state index in [9.17, 15) is 4.79 Å². The highest BCUT2D eigenvalue weighted by Crippen LogP contribution is 2.46. The fourth-order valence-corrected chi connectivity index (χ4v) is 4.35. The standard InChI is InChI=1S/C21H20Cl2N4O4/c1-30-15-8-16(31-2)19(23)17(18(15)22)11-3-4-14-12(7-11)9-24-20(26-14)25-13-5-6-27(10-13)21(28)29/h3-4,7-9,13H,5-6,10H2,1-2H3,(H,28,29)(H,24,25,26). The third-order valence-electron chi connectivity index (χ3n) is 5.23. The molecule has 162 valence electrons. The van der Waals surface area contributed by atoms with Crippen LogP contribution in [0.25, 0.3) is 22.0 Å². The SMILES string of the molecule is COc1cc(OC)c(Cl)c(-c2ccc3nc(NC4CCN(C(=O)O)C4)ncc3c2)c1Cl. The Bertz CT molecular complexity index is 1130. The first-order valence-corrected chi connectivity index (χ1v) is 10.3. The van der Waals surface area contributed by atoms with Crippen molar-refractivity contribution in [1.82, 2.24) is 14.9 Å². The number of rotatable bonds is 5. The van der Waals surface area contributed by atoms with Crippen LogP contribution in [0.3, 0.4) is 0 Å². The minimum Gasteiger partial charge on any atom is -0.495 e. The van der Waals surface area contributed by atoms with Gasteiger partial charge in [-0.15, -0.1) is 0 Å². The van der Waals surface area contributed by atoms with E-state index in [1.54, 1.807) is 12.3 Å². The molecule has 0 aliphatic carbocycles. The number of hydrogen-bond acceptors (Lipinski definition) is 6. The van der Waals surface area contributed by atoms with Gasteiger partial charge >= 0.3 is 6.09 Å². The maximum absolute atomic E-state index is 11.1. The lowest BCUT2D eigenvalue weighted by atomic mass is 10.0. The minimum absolute atomic E-state index is 0.0188. The summed E-state index contributed by atoms with van der Waals surface area (Å²) in [6.45, 7) is 0.903. The van der Waals surface area contributed by atoms with Crippen molar-refractivity contribution < 1.29 is 19.4 Å². The fraction of sp³-hybridized carbons (Fsp3) is 0.286. The number of methoxy groups -OCH3 is 2. The number of ether oxygens (including phenoxy) is 2. The molecule has 1 fully saturated rings. The molecule has 0 spiro atoms. The second-order valence-corrected chi connectivity index (χ2v) is 7.87. The second-order valence-electron chi connectivity index (χ2n) is 7.11. The minimum atomic E-state index is -0.914. The number of anilines is 1. The fourth-order valence-electron chi connectivity index (χ4n) is 3.63. The average Bonchev–Trinajstić information content (AvgIpc) is 3.23. The number of aromatic nitrogens is 2. The highest BCUT2D eigenvalue weighted by atomic mass is 35.5. The highest BCUT2D eigenvalue weighted by molar-refractivity contribution is 6.41. The summed E-state index contributed by atoms with van der Waals surface area (Å²) in [4.78, 5) is 21.4. The molecule has 2 N–H and O–H groups in total. The van der Waals surface area contributed by atoms with E-state index in [0.29, 0.717) is 52.6 Å². The van der Waals surface area contributed by atoms with E-state index >= 15 is 0 Å². The summed E-state index contributed by atoms with van der Waals surface area (Å²) in [6, 6.07) is 7.24. The molecule has 8 nitrogen and oxygen atoms in total. The van der Waals surface area contributed by atoms with Crippen molar-refractivity contribution in [2.75, 3.05) is 32.6 Å². The molecule has 31 heavy (non-hydrogen) atoms. The lowest BCUT2D eigenvalue weighted by Crippen LogP contribution is -2.30. The van der Waals surface area contributed by atoms with E-state index in [2.05, 4.69) is 15.3 Å². The number of halogens is 2. The van der Waals surface area contributed by atoms with Gasteiger partial charge in [0, 0.05) is 42.3 Å². The van der Waals surface area contributed by atoms with Crippen LogP contribution in [-0.2, 0) is 0 Å². The van der Waals surface area contributed by atoms with Gasteiger partial charge in [-0.05, 0) is 24.1 Å². The molecule has 1 aliphatic rings. The molecule has 1 unspecified atom stereocenters. The van der Waals surface area contributed by atoms with Crippen molar-refractivity contribution in [1.29, 1.82) is 0 Å². The lowest BCUT2D eigenvalue weighted by molar-refractivity contribution is 0.155. The molecule has 3 aromatic rings. The molecule has 1 amide bonds. The maximum atomic E-state index is 11.1. The zero-order valence-corrected chi connectivity index (χ0v) is 18.4. The third-order valence-corrected chi connectivity index (χ3v) is 5.98. The molecule has 2 heterocycles. The lowest BCUT2D eigenvalue weighted by Gasteiger charge is -2.16. The van der Waals surface area contributed by atoms with E-state index in [4.69, 9.17) is 37.8 Å². The van der Waals surface area contributed by atoms with Gasteiger partial charge in [0.15, 0.2) is 0 Å². The number of carbonyl (C=O) groups is 1. The van der Waals surface area contributed by atoms with Crippen LogP contribution in [-0.4, -0.2) is 59.4 Å². The molecule has 0 bridgehead atoms. The molecule has 2 aromatic carbocycles. The van der Waals surface area contributed by atoms with Crippen molar-refractivity contribution in [3.8, 4) is 22.6 Å². The molecule has 0 radical (unpaired) electrons. The first-order chi connectivity index (χ1) is 14.9.